The highest BCUT2D eigenvalue weighted by molar-refractivity contribution is 6.06. The molecule has 3 heteroatoms. The molecule has 2 aromatic carbocycles. The zero-order valence-corrected chi connectivity index (χ0v) is 11.8. The lowest BCUT2D eigenvalue weighted by Gasteiger charge is -2.23. The second-order valence-corrected chi connectivity index (χ2v) is 4.62. The zero-order chi connectivity index (χ0) is 14.2. The first-order valence-electron chi connectivity index (χ1n) is 6.89. The predicted octanol–water partition coefficient (Wildman–Crippen LogP) is 2.94. The Morgan fingerprint density at radius 3 is 2.20 bits per heavy atom. The summed E-state index contributed by atoms with van der Waals surface area (Å²) < 4.78 is 0. The van der Waals surface area contributed by atoms with Gasteiger partial charge in [-0.1, -0.05) is 36.4 Å². The molecule has 0 atom stereocenters. The van der Waals surface area contributed by atoms with Gasteiger partial charge in [-0.15, -0.1) is 0 Å². The number of carbonyl (C=O) groups excluding carboxylic acids is 1. The molecule has 20 heavy (non-hydrogen) atoms. The Hall–Kier alpha value is -2.13. The zero-order valence-electron chi connectivity index (χ0n) is 11.8. The van der Waals surface area contributed by atoms with E-state index >= 15 is 0 Å². The van der Waals surface area contributed by atoms with Crippen LogP contribution in [0.2, 0.25) is 0 Å². The number of nitrogens with zero attached hydrogens (tertiary/aromatic N) is 1. The van der Waals surface area contributed by atoms with Crippen molar-refractivity contribution in [2.75, 3.05) is 25.0 Å². The summed E-state index contributed by atoms with van der Waals surface area (Å²) in [4.78, 5) is 14.5. The smallest absolute Gasteiger partial charge is 0.258 e. The van der Waals surface area contributed by atoms with Crippen molar-refractivity contribution in [3.8, 4) is 0 Å². The van der Waals surface area contributed by atoms with Crippen molar-refractivity contribution in [1.82, 2.24) is 5.32 Å². The predicted molar refractivity (Wildman–Crippen MR) is 83.1 cm³/mol. The molecular formula is C17H20N2O. The van der Waals surface area contributed by atoms with Crippen LogP contribution in [0.1, 0.15) is 16.8 Å². The van der Waals surface area contributed by atoms with Crippen LogP contribution >= 0.6 is 0 Å². The maximum atomic E-state index is 12.6. The van der Waals surface area contributed by atoms with E-state index in [0.717, 1.165) is 24.2 Å². The van der Waals surface area contributed by atoms with Gasteiger partial charge in [0.1, 0.15) is 0 Å². The van der Waals surface area contributed by atoms with Crippen molar-refractivity contribution < 1.29 is 4.79 Å². The third-order valence-electron chi connectivity index (χ3n) is 3.14. The molecule has 0 heterocycles. The van der Waals surface area contributed by atoms with Crippen LogP contribution in [0.5, 0.6) is 0 Å². The molecule has 0 aromatic heterocycles. The Bertz CT molecular complexity index is 525. The van der Waals surface area contributed by atoms with Crippen LogP contribution in [-0.4, -0.2) is 26.0 Å². The quantitative estimate of drug-likeness (QED) is 0.817. The van der Waals surface area contributed by atoms with Gasteiger partial charge in [0.25, 0.3) is 5.91 Å². The number of rotatable bonds is 6. The van der Waals surface area contributed by atoms with Gasteiger partial charge in [0.2, 0.25) is 0 Å². The van der Waals surface area contributed by atoms with Gasteiger partial charge in [-0.25, -0.2) is 0 Å². The third-order valence-corrected chi connectivity index (χ3v) is 3.14. The van der Waals surface area contributed by atoms with E-state index in [1.54, 1.807) is 0 Å². The number of amides is 1. The fraction of sp³-hybridized carbons (Fsp3) is 0.235. The van der Waals surface area contributed by atoms with Crippen LogP contribution < -0.4 is 10.2 Å². The molecule has 104 valence electrons. The molecule has 0 bridgehead atoms. The maximum Gasteiger partial charge on any atom is 0.258 e. The number of para-hydroxylation sites is 1. The van der Waals surface area contributed by atoms with E-state index in [2.05, 4.69) is 5.32 Å². The molecule has 1 amide bonds. The second-order valence-electron chi connectivity index (χ2n) is 4.62. The molecule has 0 aliphatic heterocycles. The van der Waals surface area contributed by atoms with Crippen LogP contribution in [0, 0.1) is 0 Å². The Morgan fingerprint density at radius 2 is 1.60 bits per heavy atom. The van der Waals surface area contributed by atoms with E-state index in [0.29, 0.717) is 6.54 Å². The number of carbonyl (C=O) groups is 1. The van der Waals surface area contributed by atoms with E-state index in [-0.39, 0.29) is 5.91 Å². The molecule has 0 spiro atoms. The Balaban J connectivity index is 2.20. The summed E-state index contributed by atoms with van der Waals surface area (Å²) in [5.41, 5.74) is 1.67. The van der Waals surface area contributed by atoms with Crippen molar-refractivity contribution in [2.24, 2.45) is 0 Å². The van der Waals surface area contributed by atoms with Crippen molar-refractivity contribution in [3.63, 3.8) is 0 Å². The van der Waals surface area contributed by atoms with Gasteiger partial charge in [0.15, 0.2) is 0 Å². The monoisotopic (exact) mass is 268 g/mol. The fourth-order valence-electron chi connectivity index (χ4n) is 2.11. The SMILES string of the molecule is CNCCCN(C(=O)c1ccccc1)c1ccccc1. The summed E-state index contributed by atoms with van der Waals surface area (Å²) in [5.74, 6) is 0.0490. The highest BCUT2D eigenvalue weighted by Crippen LogP contribution is 2.17. The summed E-state index contributed by atoms with van der Waals surface area (Å²) in [7, 11) is 1.92. The Kier molecular flexibility index (Phi) is 5.33. The summed E-state index contributed by atoms with van der Waals surface area (Å²) in [5, 5.41) is 3.12. The minimum absolute atomic E-state index is 0.0490. The van der Waals surface area contributed by atoms with Crippen molar-refractivity contribution in [2.45, 2.75) is 6.42 Å². The van der Waals surface area contributed by atoms with Gasteiger partial charge in [0.05, 0.1) is 0 Å². The number of nitrogens with one attached hydrogen (secondary N) is 1. The van der Waals surface area contributed by atoms with Crippen molar-refractivity contribution >= 4 is 11.6 Å². The van der Waals surface area contributed by atoms with E-state index in [9.17, 15) is 4.79 Å². The Morgan fingerprint density at radius 1 is 1.00 bits per heavy atom. The molecule has 2 rings (SSSR count). The average Bonchev–Trinajstić information content (AvgIpc) is 2.53. The van der Waals surface area contributed by atoms with Crippen molar-refractivity contribution in [3.05, 3.63) is 66.2 Å². The minimum Gasteiger partial charge on any atom is -0.320 e. The molecule has 3 nitrogen and oxygen atoms in total. The molecular weight excluding hydrogens is 248 g/mol. The summed E-state index contributed by atoms with van der Waals surface area (Å²) in [6.45, 7) is 1.60. The molecule has 0 saturated heterocycles. The van der Waals surface area contributed by atoms with E-state index in [1.807, 2.05) is 72.6 Å². The van der Waals surface area contributed by atoms with Crippen LogP contribution in [0.3, 0.4) is 0 Å². The number of hydrogen-bond acceptors (Lipinski definition) is 2. The van der Waals surface area contributed by atoms with Gasteiger partial charge in [-0.3, -0.25) is 4.79 Å². The Labute approximate surface area is 120 Å². The molecule has 0 aliphatic carbocycles. The van der Waals surface area contributed by atoms with Crippen LogP contribution in [0.25, 0.3) is 0 Å². The molecule has 0 aliphatic rings. The first-order chi connectivity index (χ1) is 9.83. The summed E-state index contributed by atoms with van der Waals surface area (Å²) in [6, 6.07) is 19.2. The van der Waals surface area contributed by atoms with E-state index in [1.165, 1.54) is 0 Å². The lowest BCUT2D eigenvalue weighted by molar-refractivity contribution is 0.0986. The number of anilines is 1. The molecule has 0 unspecified atom stereocenters. The second kappa shape index (κ2) is 7.46. The first-order valence-corrected chi connectivity index (χ1v) is 6.89. The fourth-order valence-corrected chi connectivity index (χ4v) is 2.11. The van der Waals surface area contributed by atoms with Crippen LogP contribution in [0.4, 0.5) is 5.69 Å². The molecule has 2 aromatic rings. The van der Waals surface area contributed by atoms with Gasteiger partial charge >= 0.3 is 0 Å². The van der Waals surface area contributed by atoms with Crippen LogP contribution in [-0.2, 0) is 0 Å². The van der Waals surface area contributed by atoms with Gasteiger partial charge < -0.3 is 10.2 Å². The van der Waals surface area contributed by atoms with Gasteiger partial charge in [-0.2, -0.15) is 0 Å². The highest BCUT2D eigenvalue weighted by atomic mass is 16.2. The van der Waals surface area contributed by atoms with E-state index in [4.69, 9.17) is 0 Å². The lowest BCUT2D eigenvalue weighted by Crippen LogP contribution is -2.33. The number of benzene rings is 2. The standard InChI is InChI=1S/C17H20N2O/c1-18-13-8-14-19(16-11-6-3-7-12-16)17(20)15-9-4-2-5-10-15/h2-7,9-12,18H,8,13-14H2,1H3. The molecule has 1 N–H and O–H groups in total. The van der Waals surface area contributed by atoms with Gasteiger partial charge in [-0.05, 0) is 44.3 Å². The molecule has 0 radical (unpaired) electrons. The number of hydrogen-bond donors (Lipinski definition) is 1. The summed E-state index contributed by atoms with van der Waals surface area (Å²) >= 11 is 0. The normalized spacial score (nSPS) is 10.2. The highest BCUT2D eigenvalue weighted by Gasteiger charge is 2.16. The topological polar surface area (TPSA) is 32.3 Å². The molecule has 0 fully saturated rings. The summed E-state index contributed by atoms with van der Waals surface area (Å²) in [6.07, 6.45) is 0.921. The lowest BCUT2D eigenvalue weighted by atomic mass is 10.1. The maximum absolute atomic E-state index is 12.6. The first kappa shape index (κ1) is 14.3. The largest absolute Gasteiger partial charge is 0.320 e. The average molecular weight is 268 g/mol. The third kappa shape index (κ3) is 3.68. The van der Waals surface area contributed by atoms with Crippen molar-refractivity contribution in [1.29, 1.82) is 0 Å². The molecule has 0 saturated carbocycles. The van der Waals surface area contributed by atoms with E-state index < -0.39 is 0 Å². The van der Waals surface area contributed by atoms with Crippen LogP contribution in [0.15, 0.2) is 60.7 Å². The minimum atomic E-state index is 0.0490. The van der Waals surface area contributed by atoms with Gasteiger partial charge in [0, 0.05) is 17.8 Å².